The summed E-state index contributed by atoms with van der Waals surface area (Å²) in [6, 6.07) is 9.87. The van der Waals surface area contributed by atoms with Crippen LogP contribution in [0.1, 0.15) is 21.5 Å². The van der Waals surface area contributed by atoms with Crippen molar-refractivity contribution in [1.82, 2.24) is 4.98 Å². The normalized spacial score (nSPS) is 10.1. The van der Waals surface area contributed by atoms with Gasteiger partial charge in [-0.2, -0.15) is 0 Å². The van der Waals surface area contributed by atoms with Gasteiger partial charge in [-0.15, -0.1) is 0 Å². The summed E-state index contributed by atoms with van der Waals surface area (Å²) in [5.74, 6) is 0. The molecule has 2 aromatic rings. The first-order chi connectivity index (χ1) is 8.70. The molecule has 0 fully saturated rings. The van der Waals surface area contributed by atoms with E-state index in [1.807, 2.05) is 44.3 Å². The van der Waals surface area contributed by atoms with Gasteiger partial charge in [-0.05, 0) is 48.4 Å². The van der Waals surface area contributed by atoms with E-state index in [2.05, 4.69) is 9.88 Å². The van der Waals surface area contributed by atoms with Crippen molar-refractivity contribution in [2.45, 2.75) is 13.5 Å². The zero-order valence-electron chi connectivity index (χ0n) is 10.6. The van der Waals surface area contributed by atoms with Crippen molar-refractivity contribution in [3.05, 3.63) is 59.4 Å². The van der Waals surface area contributed by atoms with E-state index in [-0.39, 0.29) is 0 Å². The summed E-state index contributed by atoms with van der Waals surface area (Å²) in [7, 11) is 2.04. The van der Waals surface area contributed by atoms with E-state index in [4.69, 9.17) is 0 Å². The summed E-state index contributed by atoms with van der Waals surface area (Å²) in [6.45, 7) is 2.77. The molecule has 0 radical (unpaired) electrons. The van der Waals surface area contributed by atoms with E-state index in [0.29, 0.717) is 0 Å². The summed E-state index contributed by atoms with van der Waals surface area (Å²) in [5, 5.41) is 0. The number of aldehydes is 1. The van der Waals surface area contributed by atoms with E-state index in [1.54, 1.807) is 12.4 Å². The number of anilines is 1. The van der Waals surface area contributed by atoms with Gasteiger partial charge in [0.1, 0.15) is 6.29 Å². The van der Waals surface area contributed by atoms with E-state index in [0.717, 1.165) is 29.6 Å². The van der Waals surface area contributed by atoms with Crippen LogP contribution in [0.25, 0.3) is 0 Å². The molecule has 2 rings (SSSR count). The Hall–Kier alpha value is -2.16. The fourth-order valence-electron chi connectivity index (χ4n) is 1.88. The molecule has 0 saturated carbocycles. The minimum Gasteiger partial charge on any atom is -0.370 e. The van der Waals surface area contributed by atoms with Gasteiger partial charge >= 0.3 is 0 Å². The lowest BCUT2D eigenvalue weighted by atomic mass is 10.1. The number of benzene rings is 1. The van der Waals surface area contributed by atoms with Crippen molar-refractivity contribution >= 4 is 12.0 Å². The molecule has 0 saturated heterocycles. The summed E-state index contributed by atoms with van der Waals surface area (Å²) < 4.78 is 0. The fourth-order valence-corrected chi connectivity index (χ4v) is 1.88. The molecule has 0 atom stereocenters. The van der Waals surface area contributed by atoms with Gasteiger partial charge in [-0.1, -0.05) is 0 Å². The third-order valence-electron chi connectivity index (χ3n) is 2.99. The van der Waals surface area contributed by atoms with Crippen molar-refractivity contribution in [2.75, 3.05) is 11.9 Å². The Labute approximate surface area is 107 Å². The number of rotatable bonds is 4. The van der Waals surface area contributed by atoms with Crippen LogP contribution in [0, 0.1) is 6.92 Å². The first-order valence-electron chi connectivity index (χ1n) is 5.86. The molecule has 0 bridgehead atoms. The lowest BCUT2D eigenvalue weighted by molar-refractivity contribution is 0.112. The fraction of sp³-hybridized carbons (Fsp3) is 0.200. The van der Waals surface area contributed by atoms with Crippen LogP contribution in [0.2, 0.25) is 0 Å². The maximum Gasteiger partial charge on any atom is 0.150 e. The Morgan fingerprint density at radius 1 is 1.22 bits per heavy atom. The van der Waals surface area contributed by atoms with Gasteiger partial charge in [0, 0.05) is 37.2 Å². The van der Waals surface area contributed by atoms with Crippen molar-refractivity contribution in [2.24, 2.45) is 0 Å². The molecule has 1 aromatic carbocycles. The highest BCUT2D eigenvalue weighted by molar-refractivity contribution is 5.78. The van der Waals surface area contributed by atoms with E-state index >= 15 is 0 Å². The van der Waals surface area contributed by atoms with E-state index < -0.39 is 0 Å². The molecule has 0 amide bonds. The molecule has 0 aliphatic carbocycles. The van der Waals surface area contributed by atoms with Crippen LogP contribution in [-0.2, 0) is 6.54 Å². The van der Waals surface area contributed by atoms with Crippen LogP contribution < -0.4 is 4.90 Å². The van der Waals surface area contributed by atoms with Crippen molar-refractivity contribution < 1.29 is 4.79 Å². The Bertz CT molecular complexity index is 537. The minimum atomic E-state index is 0.746. The van der Waals surface area contributed by atoms with Crippen molar-refractivity contribution in [3.63, 3.8) is 0 Å². The predicted octanol–water partition coefficient (Wildman–Crippen LogP) is 2.84. The van der Waals surface area contributed by atoms with Gasteiger partial charge in [0.05, 0.1) is 0 Å². The quantitative estimate of drug-likeness (QED) is 0.770. The first kappa shape index (κ1) is 12.3. The molecule has 0 aliphatic heterocycles. The van der Waals surface area contributed by atoms with Gasteiger partial charge < -0.3 is 4.90 Å². The second-order valence-corrected chi connectivity index (χ2v) is 4.37. The van der Waals surface area contributed by atoms with Gasteiger partial charge in [0.25, 0.3) is 0 Å². The van der Waals surface area contributed by atoms with Crippen LogP contribution in [-0.4, -0.2) is 18.3 Å². The monoisotopic (exact) mass is 240 g/mol. The Balaban J connectivity index is 2.16. The van der Waals surface area contributed by atoms with Crippen LogP contribution >= 0.6 is 0 Å². The number of hydrogen-bond donors (Lipinski definition) is 0. The molecule has 0 unspecified atom stereocenters. The largest absolute Gasteiger partial charge is 0.370 e. The summed E-state index contributed by atoms with van der Waals surface area (Å²) in [5.41, 5.74) is 4.07. The number of aryl methyl sites for hydroxylation is 1. The molecule has 0 N–H and O–H groups in total. The van der Waals surface area contributed by atoms with Gasteiger partial charge in [-0.25, -0.2) is 0 Å². The smallest absolute Gasteiger partial charge is 0.150 e. The summed E-state index contributed by atoms with van der Waals surface area (Å²) in [4.78, 5) is 16.9. The Morgan fingerprint density at radius 3 is 2.56 bits per heavy atom. The van der Waals surface area contributed by atoms with Crippen molar-refractivity contribution in [3.8, 4) is 0 Å². The highest BCUT2D eigenvalue weighted by Crippen LogP contribution is 2.18. The van der Waals surface area contributed by atoms with Crippen LogP contribution in [0.15, 0.2) is 42.7 Å². The highest BCUT2D eigenvalue weighted by atomic mass is 16.1. The third kappa shape index (κ3) is 2.74. The summed E-state index contributed by atoms with van der Waals surface area (Å²) >= 11 is 0. The maximum atomic E-state index is 10.8. The molecular weight excluding hydrogens is 224 g/mol. The molecule has 92 valence electrons. The molecule has 0 spiro atoms. The van der Waals surface area contributed by atoms with E-state index in [9.17, 15) is 4.79 Å². The lowest BCUT2D eigenvalue weighted by Gasteiger charge is -2.20. The zero-order chi connectivity index (χ0) is 13.0. The van der Waals surface area contributed by atoms with Crippen LogP contribution in [0.5, 0.6) is 0 Å². The van der Waals surface area contributed by atoms with Gasteiger partial charge in [0.15, 0.2) is 0 Å². The minimum absolute atomic E-state index is 0.746. The van der Waals surface area contributed by atoms with Crippen LogP contribution in [0.3, 0.4) is 0 Å². The van der Waals surface area contributed by atoms with Crippen LogP contribution in [0.4, 0.5) is 5.69 Å². The average molecular weight is 240 g/mol. The standard InChI is InChI=1S/C15H16N2O/c1-12-9-15(4-3-14(12)11-18)17(2)10-13-5-7-16-8-6-13/h3-9,11H,10H2,1-2H3. The lowest BCUT2D eigenvalue weighted by Crippen LogP contribution is -2.16. The number of hydrogen-bond acceptors (Lipinski definition) is 3. The second-order valence-electron chi connectivity index (χ2n) is 4.37. The highest BCUT2D eigenvalue weighted by Gasteiger charge is 2.04. The number of nitrogens with zero attached hydrogens (tertiary/aromatic N) is 2. The van der Waals surface area contributed by atoms with Crippen molar-refractivity contribution in [1.29, 1.82) is 0 Å². The second kappa shape index (κ2) is 5.45. The third-order valence-corrected chi connectivity index (χ3v) is 2.99. The van der Waals surface area contributed by atoms with E-state index in [1.165, 1.54) is 5.56 Å². The molecule has 3 nitrogen and oxygen atoms in total. The maximum absolute atomic E-state index is 10.8. The molecule has 1 aromatic heterocycles. The number of aromatic nitrogens is 1. The molecule has 3 heteroatoms. The molecular formula is C15H16N2O. The van der Waals surface area contributed by atoms with Gasteiger partial charge in [-0.3, -0.25) is 9.78 Å². The Morgan fingerprint density at radius 2 is 1.94 bits per heavy atom. The number of carbonyl (C=O) groups excluding carboxylic acids is 1. The number of pyridine rings is 1. The topological polar surface area (TPSA) is 33.2 Å². The SMILES string of the molecule is Cc1cc(N(C)Cc2ccncc2)ccc1C=O. The summed E-state index contributed by atoms with van der Waals surface area (Å²) in [6.07, 6.45) is 4.48. The predicted molar refractivity (Wildman–Crippen MR) is 72.9 cm³/mol. The first-order valence-corrected chi connectivity index (χ1v) is 5.86. The van der Waals surface area contributed by atoms with Gasteiger partial charge in [0.2, 0.25) is 0 Å². The molecule has 1 heterocycles. The molecule has 0 aliphatic rings. The zero-order valence-corrected chi connectivity index (χ0v) is 10.6. The Kier molecular flexibility index (Phi) is 3.72. The number of carbonyl (C=O) groups is 1. The molecule has 18 heavy (non-hydrogen) atoms. The average Bonchev–Trinajstić information content (AvgIpc) is 2.39.